The first-order chi connectivity index (χ1) is 8.34. The molecule has 88 valence electrons. The van der Waals surface area contributed by atoms with Crippen LogP contribution in [0.2, 0.25) is 0 Å². The van der Waals surface area contributed by atoms with E-state index in [1.165, 1.54) is 6.07 Å². The topological polar surface area (TPSA) is 40.7 Å². The Bertz CT molecular complexity index is 515. The SMILES string of the molecule is Fc1cccc(-c2cn[nH]c2C2CCNC2)c1. The molecule has 3 rings (SSSR count). The van der Waals surface area contributed by atoms with Crippen molar-refractivity contribution in [3.63, 3.8) is 0 Å². The van der Waals surface area contributed by atoms with Crippen LogP contribution < -0.4 is 5.32 Å². The second kappa shape index (κ2) is 4.30. The van der Waals surface area contributed by atoms with Crippen molar-refractivity contribution < 1.29 is 4.39 Å². The largest absolute Gasteiger partial charge is 0.316 e. The Morgan fingerprint density at radius 2 is 2.29 bits per heavy atom. The molecule has 0 saturated carbocycles. The molecule has 1 aliphatic heterocycles. The van der Waals surface area contributed by atoms with Crippen LogP contribution in [0.4, 0.5) is 4.39 Å². The van der Waals surface area contributed by atoms with Gasteiger partial charge in [-0.1, -0.05) is 12.1 Å². The molecule has 1 saturated heterocycles. The zero-order chi connectivity index (χ0) is 11.7. The average Bonchev–Trinajstić information content (AvgIpc) is 3.00. The highest BCUT2D eigenvalue weighted by molar-refractivity contribution is 5.65. The monoisotopic (exact) mass is 231 g/mol. The number of hydrogen-bond acceptors (Lipinski definition) is 2. The van der Waals surface area contributed by atoms with E-state index in [1.54, 1.807) is 18.3 Å². The molecule has 0 radical (unpaired) electrons. The van der Waals surface area contributed by atoms with Gasteiger partial charge < -0.3 is 5.32 Å². The Morgan fingerprint density at radius 1 is 1.35 bits per heavy atom. The minimum Gasteiger partial charge on any atom is -0.316 e. The van der Waals surface area contributed by atoms with Crippen LogP contribution >= 0.6 is 0 Å². The predicted molar refractivity (Wildman–Crippen MR) is 64.2 cm³/mol. The van der Waals surface area contributed by atoms with Crippen molar-refractivity contribution in [2.24, 2.45) is 0 Å². The Kier molecular flexibility index (Phi) is 2.65. The number of aromatic amines is 1. The van der Waals surface area contributed by atoms with Crippen LogP contribution in [-0.4, -0.2) is 23.3 Å². The summed E-state index contributed by atoms with van der Waals surface area (Å²) < 4.78 is 13.2. The van der Waals surface area contributed by atoms with Crippen molar-refractivity contribution in [3.8, 4) is 11.1 Å². The standard InChI is InChI=1S/C13H14FN3/c14-11-3-1-2-9(6-11)12-8-16-17-13(12)10-4-5-15-7-10/h1-3,6,8,10,15H,4-5,7H2,(H,16,17). The van der Waals surface area contributed by atoms with Gasteiger partial charge in [-0.2, -0.15) is 5.10 Å². The Hall–Kier alpha value is -1.68. The van der Waals surface area contributed by atoms with Crippen LogP contribution in [0.3, 0.4) is 0 Å². The number of benzene rings is 1. The van der Waals surface area contributed by atoms with Gasteiger partial charge in [0.25, 0.3) is 0 Å². The molecular weight excluding hydrogens is 217 g/mol. The van der Waals surface area contributed by atoms with Gasteiger partial charge in [0.15, 0.2) is 0 Å². The highest BCUT2D eigenvalue weighted by Crippen LogP contribution is 2.30. The van der Waals surface area contributed by atoms with Crippen LogP contribution in [0.1, 0.15) is 18.0 Å². The molecule has 0 amide bonds. The Balaban J connectivity index is 2.00. The zero-order valence-electron chi connectivity index (χ0n) is 9.41. The van der Waals surface area contributed by atoms with E-state index < -0.39 is 0 Å². The van der Waals surface area contributed by atoms with Gasteiger partial charge in [0, 0.05) is 23.7 Å². The fourth-order valence-electron chi connectivity index (χ4n) is 2.39. The maximum Gasteiger partial charge on any atom is 0.123 e. The molecule has 1 atom stereocenters. The van der Waals surface area contributed by atoms with Gasteiger partial charge in [0.1, 0.15) is 5.82 Å². The maximum absolute atomic E-state index is 13.2. The quantitative estimate of drug-likeness (QED) is 0.832. The fraction of sp³-hybridized carbons (Fsp3) is 0.308. The van der Waals surface area contributed by atoms with Crippen LogP contribution in [0.15, 0.2) is 30.5 Å². The minimum atomic E-state index is -0.209. The second-order valence-electron chi connectivity index (χ2n) is 4.40. The molecule has 17 heavy (non-hydrogen) atoms. The summed E-state index contributed by atoms with van der Waals surface area (Å²) >= 11 is 0. The van der Waals surface area contributed by atoms with Gasteiger partial charge in [-0.05, 0) is 30.7 Å². The smallest absolute Gasteiger partial charge is 0.123 e. The van der Waals surface area contributed by atoms with Gasteiger partial charge in [0.05, 0.1) is 6.20 Å². The lowest BCUT2D eigenvalue weighted by molar-refractivity contribution is 0.628. The second-order valence-corrected chi connectivity index (χ2v) is 4.40. The van der Waals surface area contributed by atoms with E-state index >= 15 is 0 Å². The van der Waals surface area contributed by atoms with Gasteiger partial charge >= 0.3 is 0 Å². The first kappa shape index (κ1) is 10.5. The predicted octanol–water partition coefficient (Wildman–Crippen LogP) is 2.29. The van der Waals surface area contributed by atoms with Gasteiger partial charge in [-0.3, -0.25) is 5.10 Å². The van der Waals surface area contributed by atoms with Crippen molar-refractivity contribution in [1.29, 1.82) is 0 Å². The summed E-state index contributed by atoms with van der Waals surface area (Å²) in [5.41, 5.74) is 3.01. The molecule has 0 spiro atoms. The van der Waals surface area contributed by atoms with Crippen molar-refractivity contribution in [3.05, 3.63) is 42.0 Å². The van der Waals surface area contributed by atoms with Gasteiger partial charge in [0.2, 0.25) is 0 Å². The van der Waals surface area contributed by atoms with E-state index in [0.717, 1.165) is 36.3 Å². The Morgan fingerprint density at radius 3 is 3.06 bits per heavy atom. The zero-order valence-corrected chi connectivity index (χ0v) is 9.41. The summed E-state index contributed by atoms with van der Waals surface area (Å²) in [7, 11) is 0. The van der Waals surface area contributed by atoms with E-state index in [4.69, 9.17) is 0 Å². The molecule has 1 aromatic carbocycles. The van der Waals surface area contributed by atoms with E-state index in [9.17, 15) is 4.39 Å². The van der Waals surface area contributed by atoms with Crippen LogP contribution in [0, 0.1) is 5.82 Å². The summed E-state index contributed by atoms with van der Waals surface area (Å²) in [4.78, 5) is 0. The number of rotatable bonds is 2. The molecular formula is C13H14FN3. The summed E-state index contributed by atoms with van der Waals surface area (Å²) in [6, 6.07) is 6.66. The lowest BCUT2D eigenvalue weighted by Gasteiger charge is -2.09. The molecule has 1 fully saturated rings. The van der Waals surface area contributed by atoms with E-state index in [-0.39, 0.29) is 5.82 Å². The Labute approximate surface area is 99.1 Å². The molecule has 2 aromatic rings. The number of nitrogens with zero attached hydrogens (tertiary/aromatic N) is 1. The lowest BCUT2D eigenvalue weighted by atomic mass is 9.97. The van der Waals surface area contributed by atoms with Crippen molar-refractivity contribution in [2.45, 2.75) is 12.3 Å². The highest BCUT2D eigenvalue weighted by atomic mass is 19.1. The first-order valence-corrected chi connectivity index (χ1v) is 5.84. The lowest BCUT2D eigenvalue weighted by Crippen LogP contribution is -2.08. The first-order valence-electron chi connectivity index (χ1n) is 5.84. The normalized spacial score (nSPS) is 19.7. The average molecular weight is 231 g/mol. The molecule has 0 bridgehead atoms. The molecule has 4 heteroatoms. The highest BCUT2D eigenvalue weighted by Gasteiger charge is 2.21. The maximum atomic E-state index is 13.2. The molecule has 0 aliphatic carbocycles. The fourth-order valence-corrected chi connectivity index (χ4v) is 2.39. The van der Waals surface area contributed by atoms with Crippen molar-refractivity contribution in [1.82, 2.24) is 15.5 Å². The molecule has 2 heterocycles. The van der Waals surface area contributed by atoms with Crippen LogP contribution in [0.25, 0.3) is 11.1 Å². The van der Waals surface area contributed by atoms with E-state index in [1.807, 2.05) is 6.07 Å². The third kappa shape index (κ3) is 1.96. The van der Waals surface area contributed by atoms with Crippen molar-refractivity contribution in [2.75, 3.05) is 13.1 Å². The van der Waals surface area contributed by atoms with Crippen LogP contribution in [-0.2, 0) is 0 Å². The molecule has 3 nitrogen and oxygen atoms in total. The molecule has 2 N–H and O–H groups in total. The minimum absolute atomic E-state index is 0.209. The third-order valence-electron chi connectivity index (χ3n) is 3.27. The van der Waals surface area contributed by atoms with E-state index in [0.29, 0.717) is 5.92 Å². The van der Waals surface area contributed by atoms with Gasteiger partial charge in [-0.25, -0.2) is 4.39 Å². The summed E-state index contributed by atoms with van der Waals surface area (Å²) in [6.45, 7) is 2.00. The van der Waals surface area contributed by atoms with E-state index in [2.05, 4.69) is 15.5 Å². The molecule has 1 aliphatic rings. The van der Waals surface area contributed by atoms with Crippen molar-refractivity contribution >= 4 is 0 Å². The summed E-state index contributed by atoms with van der Waals surface area (Å²) in [5.74, 6) is 0.245. The number of nitrogens with one attached hydrogen (secondary N) is 2. The summed E-state index contributed by atoms with van der Waals surface area (Å²) in [5, 5.41) is 10.5. The van der Waals surface area contributed by atoms with Crippen LogP contribution in [0.5, 0.6) is 0 Å². The number of halogens is 1. The molecule has 1 aromatic heterocycles. The summed E-state index contributed by atoms with van der Waals surface area (Å²) in [6.07, 6.45) is 2.88. The van der Waals surface area contributed by atoms with Gasteiger partial charge in [-0.15, -0.1) is 0 Å². The number of H-pyrrole nitrogens is 1. The molecule has 1 unspecified atom stereocenters. The number of hydrogen-bond donors (Lipinski definition) is 2. The number of aromatic nitrogens is 2. The third-order valence-corrected chi connectivity index (χ3v) is 3.27.